The van der Waals surface area contributed by atoms with Gasteiger partial charge >= 0.3 is 0 Å². The number of likely N-dealkylation sites (N-methyl/N-ethyl adjacent to an activating group) is 1. The summed E-state index contributed by atoms with van der Waals surface area (Å²) < 4.78 is 6.07. The maximum absolute atomic E-state index is 13.1. The van der Waals surface area contributed by atoms with E-state index in [1.807, 2.05) is 11.0 Å². The van der Waals surface area contributed by atoms with Gasteiger partial charge in [-0.25, -0.2) is 0 Å². The Bertz CT molecular complexity index is 634. The van der Waals surface area contributed by atoms with E-state index in [1.54, 1.807) is 12.3 Å². The first-order valence-electron chi connectivity index (χ1n) is 10.6. The van der Waals surface area contributed by atoms with Crippen LogP contribution in [0, 0.1) is 5.92 Å². The van der Waals surface area contributed by atoms with Gasteiger partial charge in [0, 0.05) is 38.4 Å². The second-order valence-electron chi connectivity index (χ2n) is 8.07. The number of carbonyl (C=O) groups is 2. The van der Waals surface area contributed by atoms with Gasteiger partial charge in [0.25, 0.3) is 5.91 Å². The van der Waals surface area contributed by atoms with Crippen LogP contribution < -0.4 is 5.32 Å². The van der Waals surface area contributed by atoms with E-state index < -0.39 is 0 Å². The average molecular weight is 391 g/mol. The zero-order valence-electron chi connectivity index (χ0n) is 17.2. The SMILES string of the molecule is CCCO[C@H]1C[C@@H](C(=O)N2CCCN(C)CC2)CC[C@@H]1NC(=O)c1ccc[nH]1. The maximum Gasteiger partial charge on any atom is 0.267 e. The minimum absolute atomic E-state index is 0.0103. The van der Waals surface area contributed by atoms with E-state index in [0.717, 1.165) is 51.9 Å². The third kappa shape index (κ3) is 5.35. The fourth-order valence-corrected chi connectivity index (χ4v) is 4.21. The fraction of sp³-hybridized carbons (Fsp3) is 0.714. The molecule has 1 saturated heterocycles. The molecule has 3 atom stereocenters. The molecule has 0 bridgehead atoms. The summed E-state index contributed by atoms with van der Waals surface area (Å²) in [6, 6.07) is 3.53. The van der Waals surface area contributed by atoms with E-state index in [2.05, 4.69) is 29.2 Å². The van der Waals surface area contributed by atoms with Crippen molar-refractivity contribution in [3.63, 3.8) is 0 Å². The number of aromatic nitrogens is 1. The molecule has 156 valence electrons. The molecule has 1 aromatic rings. The summed E-state index contributed by atoms with van der Waals surface area (Å²) in [5.41, 5.74) is 0.557. The van der Waals surface area contributed by atoms with Crippen molar-refractivity contribution in [2.24, 2.45) is 5.92 Å². The summed E-state index contributed by atoms with van der Waals surface area (Å²) in [7, 11) is 2.11. The van der Waals surface area contributed by atoms with E-state index in [0.29, 0.717) is 18.7 Å². The Balaban J connectivity index is 1.60. The molecule has 28 heavy (non-hydrogen) atoms. The highest BCUT2D eigenvalue weighted by atomic mass is 16.5. The number of H-pyrrole nitrogens is 1. The molecule has 2 fully saturated rings. The summed E-state index contributed by atoms with van der Waals surface area (Å²) >= 11 is 0. The molecule has 7 nitrogen and oxygen atoms in total. The molecule has 2 amide bonds. The van der Waals surface area contributed by atoms with E-state index >= 15 is 0 Å². The van der Waals surface area contributed by atoms with Crippen molar-refractivity contribution in [1.29, 1.82) is 0 Å². The van der Waals surface area contributed by atoms with Crippen LogP contribution in [-0.2, 0) is 9.53 Å². The first-order chi connectivity index (χ1) is 13.6. The van der Waals surface area contributed by atoms with Crippen LogP contribution in [0.2, 0.25) is 0 Å². The second-order valence-corrected chi connectivity index (χ2v) is 8.07. The van der Waals surface area contributed by atoms with Gasteiger partial charge in [-0.1, -0.05) is 6.92 Å². The molecule has 7 heteroatoms. The topological polar surface area (TPSA) is 77.7 Å². The molecule has 1 aliphatic carbocycles. The number of aromatic amines is 1. The fourth-order valence-electron chi connectivity index (χ4n) is 4.21. The summed E-state index contributed by atoms with van der Waals surface area (Å²) in [5, 5.41) is 3.11. The minimum atomic E-state index is -0.115. The lowest BCUT2D eigenvalue weighted by Crippen LogP contribution is -2.51. The molecule has 2 heterocycles. The second kappa shape index (κ2) is 10.1. The normalized spacial score (nSPS) is 26.6. The van der Waals surface area contributed by atoms with Gasteiger partial charge in [-0.3, -0.25) is 9.59 Å². The van der Waals surface area contributed by atoms with Crippen molar-refractivity contribution in [1.82, 2.24) is 20.1 Å². The third-order valence-electron chi connectivity index (χ3n) is 5.87. The Morgan fingerprint density at radius 3 is 2.86 bits per heavy atom. The highest BCUT2D eigenvalue weighted by molar-refractivity contribution is 5.92. The number of rotatable bonds is 6. The van der Waals surface area contributed by atoms with Crippen LogP contribution in [0.3, 0.4) is 0 Å². The molecule has 0 unspecified atom stereocenters. The Kier molecular flexibility index (Phi) is 7.50. The van der Waals surface area contributed by atoms with Crippen molar-refractivity contribution in [2.75, 3.05) is 39.8 Å². The number of nitrogens with zero attached hydrogens (tertiary/aromatic N) is 2. The van der Waals surface area contributed by atoms with Crippen LogP contribution in [0.1, 0.15) is 49.5 Å². The van der Waals surface area contributed by atoms with Gasteiger partial charge in [-0.15, -0.1) is 0 Å². The van der Waals surface area contributed by atoms with Crippen LogP contribution in [0.15, 0.2) is 18.3 Å². The number of nitrogens with one attached hydrogen (secondary N) is 2. The van der Waals surface area contributed by atoms with Gasteiger partial charge in [0.05, 0.1) is 12.1 Å². The molecule has 3 rings (SSSR count). The van der Waals surface area contributed by atoms with E-state index in [9.17, 15) is 9.59 Å². The highest BCUT2D eigenvalue weighted by Crippen LogP contribution is 2.29. The van der Waals surface area contributed by atoms with Gasteiger partial charge < -0.3 is 24.8 Å². The van der Waals surface area contributed by atoms with Crippen LogP contribution in [0.5, 0.6) is 0 Å². The molecular formula is C21H34N4O3. The third-order valence-corrected chi connectivity index (χ3v) is 5.87. The summed E-state index contributed by atoms with van der Waals surface area (Å²) in [6.07, 6.45) is 5.83. The predicted octanol–water partition coefficient (Wildman–Crippen LogP) is 1.87. The van der Waals surface area contributed by atoms with Crippen LogP contribution >= 0.6 is 0 Å². The Labute approximate surface area is 167 Å². The first-order valence-corrected chi connectivity index (χ1v) is 10.6. The van der Waals surface area contributed by atoms with Crippen LogP contribution in [0.4, 0.5) is 0 Å². The van der Waals surface area contributed by atoms with Crippen molar-refractivity contribution >= 4 is 11.8 Å². The first kappa shape index (κ1) is 20.9. The molecule has 1 aromatic heterocycles. The predicted molar refractivity (Wildman–Crippen MR) is 108 cm³/mol. The van der Waals surface area contributed by atoms with Crippen molar-refractivity contribution in [3.8, 4) is 0 Å². The van der Waals surface area contributed by atoms with Crippen LogP contribution in [-0.4, -0.2) is 78.6 Å². The number of hydrogen-bond donors (Lipinski definition) is 2. The molecule has 2 aliphatic rings. The Morgan fingerprint density at radius 2 is 2.11 bits per heavy atom. The van der Waals surface area contributed by atoms with Crippen molar-refractivity contribution < 1.29 is 14.3 Å². The summed E-state index contributed by atoms with van der Waals surface area (Å²) in [4.78, 5) is 32.8. The largest absolute Gasteiger partial charge is 0.376 e. The van der Waals surface area contributed by atoms with Crippen molar-refractivity contribution in [3.05, 3.63) is 24.0 Å². The number of ether oxygens (including phenoxy) is 1. The lowest BCUT2D eigenvalue weighted by molar-refractivity contribution is -0.139. The van der Waals surface area contributed by atoms with Gasteiger partial charge in [0.1, 0.15) is 5.69 Å². The Morgan fingerprint density at radius 1 is 1.25 bits per heavy atom. The monoisotopic (exact) mass is 390 g/mol. The van der Waals surface area contributed by atoms with Crippen LogP contribution in [0.25, 0.3) is 0 Å². The average Bonchev–Trinajstić information content (AvgIpc) is 3.16. The van der Waals surface area contributed by atoms with Crippen molar-refractivity contribution in [2.45, 2.75) is 51.2 Å². The molecule has 0 radical (unpaired) electrons. The molecule has 0 aromatic carbocycles. The zero-order valence-corrected chi connectivity index (χ0v) is 17.2. The molecular weight excluding hydrogens is 356 g/mol. The summed E-state index contributed by atoms with van der Waals surface area (Å²) in [6.45, 7) is 6.35. The van der Waals surface area contributed by atoms with E-state index in [-0.39, 0.29) is 29.9 Å². The van der Waals surface area contributed by atoms with Gasteiger partial charge in [-0.2, -0.15) is 0 Å². The standard InChI is InChI=1S/C21H34N4O3/c1-3-14-28-19-15-16(21(27)25-11-5-10-24(2)12-13-25)7-8-17(19)23-20(26)18-6-4-9-22-18/h4,6,9,16-17,19,22H,3,5,7-8,10-15H2,1-2H3,(H,23,26)/t16-,17-,19-/m0/s1. The molecule has 1 saturated carbocycles. The quantitative estimate of drug-likeness (QED) is 0.777. The highest BCUT2D eigenvalue weighted by Gasteiger charge is 2.37. The number of amides is 2. The molecule has 1 aliphatic heterocycles. The number of hydrogen-bond acceptors (Lipinski definition) is 4. The number of carbonyl (C=O) groups excluding carboxylic acids is 2. The summed E-state index contributed by atoms with van der Waals surface area (Å²) in [5.74, 6) is 0.138. The lowest BCUT2D eigenvalue weighted by Gasteiger charge is -2.37. The maximum atomic E-state index is 13.1. The zero-order chi connectivity index (χ0) is 19.9. The lowest BCUT2D eigenvalue weighted by atomic mass is 9.82. The van der Waals surface area contributed by atoms with Gasteiger partial charge in [-0.05, 0) is 57.8 Å². The van der Waals surface area contributed by atoms with E-state index in [4.69, 9.17) is 4.74 Å². The Hall–Kier alpha value is -1.86. The van der Waals surface area contributed by atoms with Gasteiger partial charge in [0.15, 0.2) is 0 Å². The van der Waals surface area contributed by atoms with E-state index in [1.165, 1.54) is 0 Å². The molecule has 2 N–H and O–H groups in total. The van der Waals surface area contributed by atoms with Gasteiger partial charge in [0.2, 0.25) is 5.91 Å². The smallest absolute Gasteiger partial charge is 0.267 e. The minimum Gasteiger partial charge on any atom is -0.376 e. The molecule has 0 spiro atoms.